The lowest BCUT2D eigenvalue weighted by molar-refractivity contribution is -0.142. The second-order valence-corrected chi connectivity index (χ2v) is 4.04. The van der Waals surface area contributed by atoms with Gasteiger partial charge >= 0.3 is 0 Å². The zero-order valence-electron chi connectivity index (χ0n) is 7.43. The summed E-state index contributed by atoms with van der Waals surface area (Å²) in [5, 5.41) is 0. The van der Waals surface area contributed by atoms with Gasteiger partial charge in [0, 0.05) is 0 Å². The van der Waals surface area contributed by atoms with E-state index >= 15 is 0 Å². The van der Waals surface area contributed by atoms with Gasteiger partial charge in [-0.25, -0.2) is 5.48 Å². The SMILES string of the molecule is CSCC(=O)NOC(C)(C)C. The third-order valence-electron chi connectivity index (χ3n) is 0.746. The van der Waals surface area contributed by atoms with E-state index in [0.717, 1.165) is 0 Å². The fourth-order valence-corrected chi connectivity index (χ4v) is 0.692. The summed E-state index contributed by atoms with van der Waals surface area (Å²) in [6.07, 6.45) is 1.87. The van der Waals surface area contributed by atoms with E-state index in [-0.39, 0.29) is 11.5 Å². The number of hydrogen-bond donors (Lipinski definition) is 1. The molecule has 4 heteroatoms. The van der Waals surface area contributed by atoms with Crippen molar-refractivity contribution in [1.29, 1.82) is 0 Å². The highest BCUT2D eigenvalue weighted by molar-refractivity contribution is 7.99. The first-order valence-electron chi connectivity index (χ1n) is 3.41. The summed E-state index contributed by atoms with van der Waals surface area (Å²) in [7, 11) is 0. The molecule has 0 radical (unpaired) electrons. The molecule has 0 rings (SSSR count). The lowest BCUT2D eigenvalue weighted by Gasteiger charge is -2.18. The van der Waals surface area contributed by atoms with Crippen LogP contribution in [-0.2, 0) is 9.63 Å². The number of carbonyl (C=O) groups excluding carboxylic acids is 1. The molecule has 0 fully saturated rings. The van der Waals surface area contributed by atoms with Crippen molar-refractivity contribution in [3.05, 3.63) is 0 Å². The Bertz CT molecular complexity index is 131. The molecule has 0 saturated heterocycles. The normalized spacial score (nSPS) is 11.3. The van der Waals surface area contributed by atoms with Gasteiger partial charge in [0.25, 0.3) is 5.91 Å². The molecular weight excluding hydrogens is 162 g/mol. The average molecular weight is 177 g/mol. The van der Waals surface area contributed by atoms with Crippen LogP contribution in [0, 0.1) is 0 Å². The molecule has 0 atom stereocenters. The van der Waals surface area contributed by atoms with Crippen LogP contribution < -0.4 is 5.48 Å². The lowest BCUT2D eigenvalue weighted by atomic mass is 10.2. The first-order valence-corrected chi connectivity index (χ1v) is 4.81. The molecule has 0 unspecified atom stereocenters. The van der Waals surface area contributed by atoms with Crippen LogP contribution in [0.2, 0.25) is 0 Å². The Morgan fingerprint density at radius 3 is 2.45 bits per heavy atom. The largest absolute Gasteiger partial charge is 0.272 e. The van der Waals surface area contributed by atoms with Crippen LogP contribution in [0.4, 0.5) is 0 Å². The van der Waals surface area contributed by atoms with Crippen LogP contribution in [0.5, 0.6) is 0 Å². The zero-order valence-corrected chi connectivity index (χ0v) is 8.25. The van der Waals surface area contributed by atoms with E-state index in [4.69, 9.17) is 4.84 Å². The standard InChI is InChI=1S/C7H15NO2S/c1-7(2,3)10-8-6(9)5-11-4/h5H2,1-4H3,(H,8,9). The summed E-state index contributed by atoms with van der Waals surface area (Å²) in [5.74, 6) is 0.350. The van der Waals surface area contributed by atoms with E-state index in [9.17, 15) is 4.79 Å². The molecule has 0 aromatic carbocycles. The van der Waals surface area contributed by atoms with Crippen LogP contribution in [-0.4, -0.2) is 23.5 Å². The van der Waals surface area contributed by atoms with E-state index in [2.05, 4.69) is 5.48 Å². The van der Waals surface area contributed by atoms with Gasteiger partial charge in [-0.2, -0.15) is 11.8 Å². The number of hydrogen-bond acceptors (Lipinski definition) is 3. The van der Waals surface area contributed by atoms with Crippen LogP contribution >= 0.6 is 11.8 Å². The quantitative estimate of drug-likeness (QED) is 0.658. The Morgan fingerprint density at radius 1 is 1.55 bits per heavy atom. The highest BCUT2D eigenvalue weighted by Gasteiger charge is 2.11. The molecule has 0 aromatic rings. The first kappa shape index (κ1) is 10.8. The van der Waals surface area contributed by atoms with Crippen LogP contribution in [0.15, 0.2) is 0 Å². The van der Waals surface area contributed by atoms with Gasteiger partial charge in [0.1, 0.15) is 0 Å². The maximum Gasteiger partial charge on any atom is 0.253 e. The predicted molar refractivity (Wildman–Crippen MR) is 47.4 cm³/mol. The number of amides is 1. The molecule has 1 amide bonds. The molecule has 1 N–H and O–H groups in total. The van der Waals surface area contributed by atoms with Gasteiger partial charge in [-0.15, -0.1) is 0 Å². The Kier molecular flexibility index (Phi) is 4.52. The van der Waals surface area contributed by atoms with Crippen LogP contribution in [0.3, 0.4) is 0 Å². The van der Waals surface area contributed by atoms with Crippen molar-refractivity contribution in [3.8, 4) is 0 Å². The maximum absolute atomic E-state index is 10.8. The second kappa shape index (κ2) is 4.62. The molecule has 66 valence electrons. The smallest absolute Gasteiger partial charge is 0.253 e. The van der Waals surface area contributed by atoms with Gasteiger partial charge in [0.15, 0.2) is 0 Å². The lowest BCUT2D eigenvalue weighted by Crippen LogP contribution is -2.34. The summed E-state index contributed by atoms with van der Waals surface area (Å²) in [6, 6.07) is 0. The van der Waals surface area contributed by atoms with Gasteiger partial charge in [0.05, 0.1) is 11.4 Å². The minimum atomic E-state index is -0.311. The van der Waals surface area contributed by atoms with E-state index < -0.39 is 0 Å². The van der Waals surface area contributed by atoms with Crippen molar-refractivity contribution in [2.24, 2.45) is 0 Å². The molecule has 0 heterocycles. The highest BCUT2D eigenvalue weighted by atomic mass is 32.2. The Labute approximate surface area is 71.8 Å². The van der Waals surface area contributed by atoms with Crippen molar-refractivity contribution >= 4 is 17.7 Å². The van der Waals surface area contributed by atoms with E-state index in [1.807, 2.05) is 27.0 Å². The van der Waals surface area contributed by atoms with Crippen molar-refractivity contribution in [2.45, 2.75) is 26.4 Å². The van der Waals surface area contributed by atoms with Crippen molar-refractivity contribution in [2.75, 3.05) is 12.0 Å². The number of thioether (sulfide) groups is 1. The van der Waals surface area contributed by atoms with Gasteiger partial charge < -0.3 is 0 Å². The predicted octanol–water partition coefficient (Wildman–Crippen LogP) is 1.20. The molecule has 0 aliphatic heterocycles. The fraction of sp³-hybridized carbons (Fsp3) is 0.857. The third-order valence-corrected chi connectivity index (χ3v) is 1.30. The summed E-state index contributed by atoms with van der Waals surface area (Å²) in [6.45, 7) is 5.64. The molecule has 0 aliphatic rings. The van der Waals surface area contributed by atoms with Crippen molar-refractivity contribution < 1.29 is 9.63 Å². The van der Waals surface area contributed by atoms with Crippen LogP contribution in [0.25, 0.3) is 0 Å². The van der Waals surface area contributed by atoms with E-state index in [1.54, 1.807) is 0 Å². The number of hydroxylamine groups is 1. The minimum Gasteiger partial charge on any atom is -0.272 e. The zero-order chi connectivity index (χ0) is 8.91. The first-order chi connectivity index (χ1) is 4.95. The molecule has 0 aromatic heterocycles. The van der Waals surface area contributed by atoms with E-state index in [0.29, 0.717) is 5.75 Å². The Balaban J connectivity index is 3.46. The van der Waals surface area contributed by atoms with Crippen LogP contribution in [0.1, 0.15) is 20.8 Å². The molecule has 0 aliphatic carbocycles. The molecule has 0 saturated carbocycles. The number of carbonyl (C=O) groups is 1. The average Bonchev–Trinajstić information content (AvgIpc) is 1.83. The van der Waals surface area contributed by atoms with Crippen molar-refractivity contribution in [3.63, 3.8) is 0 Å². The van der Waals surface area contributed by atoms with Crippen molar-refractivity contribution in [1.82, 2.24) is 5.48 Å². The molecular formula is C7H15NO2S. The summed E-state index contributed by atoms with van der Waals surface area (Å²) in [4.78, 5) is 15.9. The number of nitrogens with one attached hydrogen (secondary N) is 1. The second-order valence-electron chi connectivity index (χ2n) is 3.17. The Hall–Kier alpha value is -0.220. The number of rotatable bonds is 3. The van der Waals surface area contributed by atoms with Gasteiger partial charge in [-0.05, 0) is 27.0 Å². The molecule has 3 nitrogen and oxygen atoms in total. The third kappa shape index (κ3) is 7.68. The monoisotopic (exact) mass is 177 g/mol. The topological polar surface area (TPSA) is 38.3 Å². The van der Waals surface area contributed by atoms with Gasteiger partial charge in [-0.3, -0.25) is 9.63 Å². The van der Waals surface area contributed by atoms with Gasteiger partial charge in [-0.1, -0.05) is 0 Å². The maximum atomic E-state index is 10.8. The van der Waals surface area contributed by atoms with Gasteiger partial charge in [0.2, 0.25) is 0 Å². The summed E-state index contributed by atoms with van der Waals surface area (Å²) < 4.78 is 0. The Morgan fingerprint density at radius 2 is 2.09 bits per heavy atom. The summed E-state index contributed by atoms with van der Waals surface area (Å²) in [5.41, 5.74) is 2.05. The fourth-order valence-electron chi connectivity index (χ4n) is 0.371. The molecule has 0 spiro atoms. The molecule has 0 bridgehead atoms. The van der Waals surface area contributed by atoms with E-state index in [1.165, 1.54) is 11.8 Å². The minimum absolute atomic E-state index is 0.0903. The molecule has 11 heavy (non-hydrogen) atoms. The highest BCUT2D eigenvalue weighted by Crippen LogP contribution is 2.03. The summed E-state index contributed by atoms with van der Waals surface area (Å²) >= 11 is 1.47.